The SMILES string of the molecule is Cn1c(=O)oc2cc(-c3csc(CN)n3)ccc21. The second-order valence-electron chi connectivity index (χ2n) is 3.94. The maximum absolute atomic E-state index is 11.4. The Balaban J connectivity index is 2.16. The molecule has 0 aliphatic heterocycles. The van der Waals surface area contributed by atoms with Crippen LogP contribution in [0.1, 0.15) is 5.01 Å². The van der Waals surface area contributed by atoms with Gasteiger partial charge in [-0.1, -0.05) is 6.07 Å². The number of aromatic nitrogens is 2. The number of benzene rings is 1. The molecular weight excluding hydrogens is 250 g/mol. The zero-order valence-electron chi connectivity index (χ0n) is 9.71. The number of aryl methyl sites for hydroxylation is 1. The van der Waals surface area contributed by atoms with Gasteiger partial charge in [-0.25, -0.2) is 9.78 Å². The Hall–Kier alpha value is -1.92. The number of hydrogen-bond donors (Lipinski definition) is 1. The van der Waals surface area contributed by atoms with E-state index < -0.39 is 0 Å². The molecule has 0 unspecified atom stereocenters. The molecule has 0 fully saturated rings. The van der Waals surface area contributed by atoms with Crippen molar-refractivity contribution in [2.75, 3.05) is 0 Å². The summed E-state index contributed by atoms with van der Waals surface area (Å²) in [5.74, 6) is -0.358. The van der Waals surface area contributed by atoms with E-state index in [-0.39, 0.29) is 5.76 Å². The number of nitrogens with two attached hydrogens (primary N) is 1. The molecule has 6 heteroatoms. The van der Waals surface area contributed by atoms with Crippen LogP contribution in [0.25, 0.3) is 22.4 Å². The first-order chi connectivity index (χ1) is 8.69. The van der Waals surface area contributed by atoms with E-state index in [0.717, 1.165) is 21.8 Å². The average molecular weight is 261 g/mol. The van der Waals surface area contributed by atoms with Crippen molar-refractivity contribution >= 4 is 22.4 Å². The summed E-state index contributed by atoms with van der Waals surface area (Å²) in [5.41, 5.74) is 8.67. The Morgan fingerprint density at radius 3 is 3.06 bits per heavy atom. The molecule has 0 bridgehead atoms. The van der Waals surface area contributed by atoms with Gasteiger partial charge in [-0.15, -0.1) is 11.3 Å². The van der Waals surface area contributed by atoms with Crippen molar-refractivity contribution in [1.29, 1.82) is 0 Å². The Bertz CT molecular complexity index is 769. The molecule has 1 aromatic carbocycles. The van der Waals surface area contributed by atoms with Crippen LogP contribution < -0.4 is 11.5 Å². The quantitative estimate of drug-likeness (QED) is 0.762. The summed E-state index contributed by atoms with van der Waals surface area (Å²) in [6.07, 6.45) is 0. The van der Waals surface area contributed by atoms with E-state index in [9.17, 15) is 4.79 Å². The lowest BCUT2D eigenvalue weighted by Crippen LogP contribution is -2.08. The van der Waals surface area contributed by atoms with Gasteiger partial charge in [0.25, 0.3) is 0 Å². The van der Waals surface area contributed by atoms with Crippen molar-refractivity contribution < 1.29 is 4.42 Å². The lowest BCUT2D eigenvalue weighted by atomic mass is 10.1. The van der Waals surface area contributed by atoms with Gasteiger partial charge in [0.1, 0.15) is 5.01 Å². The summed E-state index contributed by atoms with van der Waals surface area (Å²) in [4.78, 5) is 15.8. The summed E-state index contributed by atoms with van der Waals surface area (Å²) < 4.78 is 6.63. The summed E-state index contributed by atoms with van der Waals surface area (Å²) >= 11 is 1.52. The highest BCUT2D eigenvalue weighted by molar-refractivity contribution is 7.09. The number of fused-ring (bicyclic) bond motifs is 1. The van der Waals surface area contributed by atoms with Crippen LogP contribution in [0.5, 0.6) is 0 Å². The van der Waals surface area contributed by atoms with Gasteiger partial charge in [0.2, 0.25) is 0 Å². The lowest BCUT2D eigenvalue weighted by molar-refractivity contribution is 0.528. The van der Waals surface area contributed by atoms with Gasteiger partial charge in [-0.05, 0) is 12.1 Å². The lowest BCUT2D eigenvalue weighted by Gasteiger charge is -1.96. The minimum absolute atomic E-state index is 0.358. The third-order valence-electron chi connectivity index (χ3n) is 2.81. The Kier molecular flexibility index (Phi) is 2.53. The van der Waals surface area contributed by atoms with Gasteiger partial charge in [0.05, 0.1) is 11.2 Å². The van der Waals surface area contributed by atoms with Crippen LogP contribution in [0, 0.1) is 0 Å². The topological polar surface area (TPSA) is 74.0 Å². The van der Waals surface area contributed by atoms with Crippen LogP contribution in [0.15, 0.2) is 32.8 Å². The third kappa shape index (κ3) is 1.66. The second-order valence-corrected chi connectivity index (χ2v) is 4.88. The van der Waals surface area contributed by atoms with Crippen LogP contribution in [-0.4, -0.2) is 9.55 Å². The van der Waals surface area contributed by atoms with E-state index in [1.807, 2.05) is 23.6 Å². The molecule has 0 saturated heterocycles. The fourth-order valence-electron chi connectivity index (χ4n) is 1.83. The van der Waals surface area contributed by atoms with Crippen molar-refractivity contribution in [3.05, 3.63) is 39.1 Å². The van der Waals surface area contributed by atoms with E-state index >= 15 is 0 Å². The van der Waals surface area contributed by atoms with Gasteiger partial charge in [-0.3, -0.25) is 4.57 Å². The molecule has 5 nitrogen and oxygen atoms in total. The zero-order valence-corrected chi connectivity index (χ0v) is 10.5. The molecule has 18 heavy (non-hydrogen) atoms. The molecule has 0 aliphatic carbocycles. The van der Waals surface area contributed by atoms with Crippen LogP contribution in [0.4, 0.5) is 0 Å². The molecule has 0 atom stereocenters. The number of oxazole rings is 1. The molecule has 0 spiro atoms. The Morgan fingerprint density at radius 1 is 1.50 bits per heavy atom. The maximum Gasteiger partial charge on any atom is 0.419 e. The van der Waals surface area contributed by atoms with Crippen molar-refractivity contribution in [3.8, 4) is 11.3 Å². The standard InChI is InChI=1S/C12H11N3O2S/c1-15-9-3-2-7(4-10(9)17-12(15)16)8-6-18-11(5-13)14-8/h2-4,6H,5,13H2,1H3. The molecule has 0 saturated carbocycles. The van der Waals surface area contributed by atoms with Gasteiger partial charge >= 0.3 is 5.76 Å². The van der Waals surface area contributed by atoms with E-state index in [0.29, 0.717) is 12.1 Å². The molecule has 0 radical (unpaired) electrons. The maximum atomic E-state index is 11.4. The smallest absolute Gasteiger partial charge is 0.408 e. The fraction of sp³-hybridized carbons (Fsp3) is 0.167. The van der Waals surface area contributed by atoms with Crippen LogP contribution in [0.2, 0.25) is 0 Å². The highest BCUT2D eigenvalue weighted by Crippen LogP contribution is 2.25. The molecule has 2 aromatic heterocycles. The van der Waals surface area contributed by atoms with E-state index in [1.54, 1.807) is 7.05 Å². The molecule has 2 N–H and O–H groups in total. The minimum Gasteiger partial charge on any atom is -0.408 e. The van der Waals surface area contributed by atoms with Crippen molar-refractivity contribution in [2.24, 2.45) is 12.8 Å². The molecule has 3 aromatic rings. The van der Waals surface area contributed by atoms with Crippen molar-refractivity contribution in [1.82, 2.24) is 9.55 Å². The Morgan fingerprint density at radius 2 is 2.33 bits per heavy atom. The largest absolute Gasteiger partial charge is 0.419 e. The molecule has 92 valence electrons. The van der Waals surface area contributed by atoms with Crippen LogP contribution in [-0.2, 0) is 13.6 Å². The van der Waals surface area contributed by atoms with Gasteiger partial charge in [0.15, 0.2) is 5.58 Å². The van der Waals surface area contributed by atoms with Crippen molar-refractivity contribution in [2.45, 2.75) is 6.54 Å². The average Bonchev–Trinajstić information content (AvgIpc) is 2.95. The Labute approximate surface area is 106 Å². The molecule has 2 heterocycles. The van der Waals surface area contributed by atoms with Gasteiger partial charge in [-0.2, -0.15) is 0 Å². The van der Waals surface area contributed by atoms with E-state index in [4.69, 9.17) is 10.2 Å². The summed E-state index contributed by atoms with van der Waals surface area (Å²) in [7, 11) is 1.68. The molecular formula is C12H11N3O2S. The summed E-state index contributed by atoms with van der Waals surface area (Å²) in [6, 6.07) is 5.61. The predicted molar refractivity (Wildman–Crippen MR) is 70.5 cm³/mol. The number of thiazole rings is 1. The fourth-order valence-corrected chi connectivity index (χ4v) is 2.51. The predicted octanol–water partition coefficient (Wildman–Crippen LogP) is 1.71. The zero-order chi connectivity index (χ0) is 12.7. The normalized spacial score (nSPS) is 11.2. The first-order valence-electron chi connectivity index (χ1n) is 5.43. The summed E-state index contributed by atoms with van der Waals surface area (Å²) in [5, 5.41) is 2.84. The van der Waals surface area contributed by atoms with Crippen LogP contribution in [0.3, 0.4) is 0 Å². The number of rotatable bonds is 2. The van der Waals surface area contributed by atoms with Crippen LogP contribution >= 0.6 is 11.3 Å². The number of hydrogen-bond acceptors (Lipinski definition) is 5. The summed E-state index contributed by atoms with van der Waals surface area (Å²) in [6.45, 7) is 0.438. The highest BCUT2D eigenvalue weighted by Gasteiger charge is 2.09. The minimum atomic E-state index is -0.358. The van der Waals surface area contributed by atoms with E-state index in [2.05, 4.69) is 4.98 Å². The van der Waals surface area contributed by atoms with Crippen molar-refractivity contribution in [3.63, 3.8) is 0 Å². The third-order valence-corrected chi connectivity index (χ3v) is 3.69. The molecule has 0 amide bonds. The molecule has 0 aliphatic rings. The molecule has 3 rings (SSSR count). The van der Waals surface area contributed by atoms with E-state index in [1.165, 1.54) is 15.9 Å². The second kappa shape index (κ2) is 4.08. The first kappa shape index (κ1) is 11.2. The monoisotopic (exact) mass is 261 g/mol. The van der Waals surface area contributed by atoms with Gasteiger partial charge < -0.3 is 10.2 Å². The first-order valence-corrected chi connectivity index (χ1v) is 6.31. The number of nitrogens with zero attached hydrogens (tertiary/aromatic N) is 2. The van der Waals surface area contributed by atoms with Gasteiger partial charge in [0, 0.05) is 24.5 Å². The highest BCUT2D eigenvalue weighted by atomic mass is 32.1.